The number of carboxylic acid groups (broad SMARTS) is 1. The topological polar surface area (TPSA) is 98.7 Å². The van der Waals surface area contributed by atoms with Gasteiger partial charge in [0.1, 0.15) is 11.6 Å². The first-order chi connectivity index (χ1) is 12.0. The molecule has 0 aliphatic rings. The van der Waals surface area contributed by atoms with Crippen molar-refractivity contribution < 1.29 is 28.5 Å². The van der Waals surface area contributed by atoms with Crippen LogP contribution in [0.4, 0.5) is 8.78 Å². The van der Waals surface area contributed by atoms with Gasteiger partial charge in [-0.2, -0.15) is 0 Å². The summed E-state index contributed by atoms with van der Waals surface area (Å²) in [5.41, 5.74) is 0.967. The smallest absolute Gasteiger partial charge is 0.290 e. The summed E-state index contributed by atoms with van der Waals surface area (Å²) in [6.45, 7) is 2.35. The summed E-state index contributed by atoms with van der Waals surface area (Å²) in [5, 5.41) is 16.1. The van der Waals surface area contributed by atoms with Gasteiger partial charge in [-0.3, -0.25) is 9.69 Å². The van der Waals surface area contributed by atoms with Gasteiger partial charge in [-0.05, 0) is 19.1 Å². The minimum atomic E-state index is -0.928. The number of carbonyl (C=O) groups is 1. The highest BCUT2D eigenvalue weighted by molar-refractivity contribution is 5.35. The van der Waals surface area contributed by atoms with Gasteiger partial charge < -0.3 is 19.9 Å². The number of nitrogens with zero attached hydrogens (tertiary/aromatic N) is 2. The summed E-state index contributed by atoms with van der Waals surface area (Å²) in [5.74, 6) is -0.795. The summed E-state index contributed by atoms with van der Waals surface area (Å²) >= 11 is 0. The maximum atomic E-state index is 14.0. The number of aromatic amines is 1. The van der Waals surface area contributed by atoms with Crippen molar-refractivity contribution >= 4 is 6.47 Å². The van der Waals surface area contributed by atoms with Gasteiger partial charge in [-0.1, -0.05) is 0 Å². The van der Waals surface area contributed by atoms with Crippen LogP contribution in [0.15, 0.2) is 18.3 Å². The molecule has 138 valence electrons. The van der Waals surface area contributed by atoms with E-state index in [1.807, 2.05) is 6.92 Å². The number of nitrogens with one attached hydrogen (secondary N) is 1. The lowest BCUT2D eigenvalue weighted by molar-refractivity contribution is -0.122. The number of aliphatic hydroxyl groups excluding tert-OH is 1. The number of aryl methyl sites for hydroxylation is 1. The van der Waals surface area contributed by atoms with Gasteiger partial charge in [0, 0.05) is 37.1 Å². The van der Waals surface area contributed by atoms with E-state index in [-0.39, 0.29) is 30.9 Å². The molecule has 0 fully saturated rings. The van der Waals surface area contributed by atoms with Crippen molar-refractivity contribution in [2.75, 3.05) is 20.3 Å². The second kappa shape index (κ2) is 10.4. The van der Waals surface area contributed by atoms with Crippen LogP contribution in [0.5, 0.6) is 5.75 Å². The third kappa shape index (κ3) is 6.12. The van der Waals surface area contributed by atoms with Crippen molar-refractivity contribution in [2.24, 2.45) is 0 Å². The highest BCUT2D eigenvalue weighted by Crippen LogP contribution is 2.25. The third-order valence-corrected chi connectivity index (χ3v) is 3.32. The number of aromatic nitrogens is 2. The third-order valence-electron chi connectivity index (χ3n) is 3.32. The van der Waals surface area contributed by atoms with E-state index in [1.54, 1.807) is 11.1 Å². The Bertz CT molecular complexity index is 679. The van der Waals surface area contributed by atoms with E-state index in [4.69, 9.17) is 14.6 Å². The Labute approximate surface area is 143 Å². The first kappa shape index (κ1) is 20.5. The molecule has 0 saturated carbocycles. The number of methoxy groups -OCH3 is 1. The molecule has 1 aromatic carbocycles. The molecule has 0 saturated heterocycles. The highest BCUT2D eigenvalue weighted by atomic mass is 19.2. The van der Waals surface area contributed by atoms with E-state index < -0.39 is 11.6 Å². The van der Waals surface area contributed by atoms with Crippen molar-refractivity contribution in [1.82, 2.24) is 14.9 Å². The van der Waals surface area contributed by atoms with E-state index in [0.29, 0.717) is 13.1 Å². The Morgan fingerprint density at radius 2 is 2.04 bits per heavy atom. The van der Waals surface area contributed by atoms with Crippen molar-refractivity contribution in [3.8, 4) is 5.75 Å². The van der Waals surface area contributed by atoms with Crippen LogP contribution in [0.25, 0.3) is 0 Å². The molecule has 2 rings (SSSR count). The summed E-state index contributed by atoms with van der Waals surface area (Å²) in [6.07, 6.45) is 1.68. The normalized spacial score (nSPS) is 10.3. The van der Waals surface area contributed by atoms with Gasteiger partial charge in [0.25, 0.3) is 6.47 Å². The van der Waals surface area contributed by atoms with E-state index in [0.717, 1.165) is 17.6 Å². The average molecular weight is 357 g/mol. The van der Waals surface area contributed by atoms with Gasteiger partial charge >= 0.3 is 0 Å². The van der Waals surface area contributed by atoms with Crippen LogP contribution in [0.1, 0.15) is 17.1 Å². The molecule has 0 bridgehead atoms. The molecule has 1 aromatic heterocycles. The lowest BCUT2D eigenvalue weighted by Crippen LogP contribution is -2.27. The molecular formula is C16H21F2N3O4. The summed E-state index contributed by atoms with van der Waals surface area (Å²) < 4.78 is 32.6. The maximum Gasteiger partial charge on any atom is 0.290 e. The van der Waals surface area contributed by atoms with E-state index in [1.165, 1.54) is 13.2 Å². The van der Waals surface area contributed by atoms with Crippen LogP contribution in [-0.4, -0.2) is 51.8 Å². The largest absolute Gasteiger partial charge is 0.496 e. The van der Waals surface area contributed by atoms with Crippen molar-refractivity contribution in [1.29, 1.82) is 0 Å². The van der Waals surface area contributed by atoms with E-state index >= 15 is 0 Å². The molecule has 0 unspecified atom stereocenters. The molecule has 1 heterocycles. The zero-order chi connectivity index (χ0) is 18.8. The lowest BCUT2D eigenvalue weighted by atomic mass is 10.1. The molecule has 7 nitrogen and oxygen atoms in total. The number of benzene rings is 1. The van der Waals surface area contributed by atoms with Crippen LogP contribution in [0, 0.1) is 18.6 Å². The van der Waals surface area contributed by atoms with Gasteiger partial charge in [0.15, 0.2) is 11.6 Å². The first-order valence-electron chi connectivity index (χ1n) is 7.39. The highest BCUT2D eigenvalue weighted by Gasteiger charge is 2.18. The molecule has 0 radical (unpaired) electrons. The van der Waals surface area contributed by atoms with Crippen molar-refractivity contribution in [3.05, 3.63) is 47.0 Å². The zero-order valence-electron chi connectivity index (χ0n) is 14.0. The Hall–Kier alpha value is -2.52. The number of ether oxygens (including phenoxy) is 1. The van der Waals surface area contributed by atoms with Crippen molar-refractivity contribution in [2.45, 2.75) is 20.0 Å². The average Bonchev–Trinajstić information content (AvgIpc) is 2.98. The fraction of sp³-hybridized carbons (Fsp3) is 0.375. The molecular weight excluding hydrogens is 336 g/mol. The minimum Gasteiger partial charge on any atom is -0.496 e. The van der Waals surface area contributed by atoms with Crippen LogP contribution in [-0.2, 0) is 17.9 Å². The fourth-order valence-corrected chi connectivity index (χ4v) is 2.29. The molecule has 3 N–H and O–H groups in total. The molecule has 0 aliphatic heterocycles. The minimum absolute atomic E-state index is 0.0909. The quantitative estimate of drug-likeness (QED) is 0.653. The SMILES string of the molecule is COc1ccc(F)c(F)c1CN(CCO)Cc1cnc(C)[nH]1.O=CO. The molecule has 0 aliphatic carbocycles. The van der Waals surface area contributed by atoms with Gasteiger partial charge in [-0.25, -0.2) is 13.8 Å². The predicted molar refractivity (Wildman–Crippen MR) is 86.1 cm³/mol. The maximum absolute atomic E-state index is 14.0. The van der Waals surface area contributed by atoms with Crippen LogP contribution in [0.2, 0.25) is 0 Å². The van der Waals surface area contributed by atoms with Crippen molar-refractivity contribution in [3.63, 3.8) is 0 Å². The van der Waals surface area contributed by atoms with Gasteiger partial charge in [0.05, 0.1) is 13.7 Å². The monoisotopic (exact) mass is 357 g/mol. The number of H-pyrrole nitrogens is 1. The Balaban J connectivity index is 0.000000970. The van der Waals surface area contributed by atoms with E-state index in [2.05, 4.69) is 9.97 Å². The molecule has 0 spiro atoms. The second-order valence-corrected chi connectivity index (χ2v) is 5.08. The van der Waals surface area contributed by atoms with Gasteiger partial charge in [0.2, 0.25) is 0 Å². The fourth-order valence-electron chi connectivity index (χ4n) is 2.29. The number of aliphatic hydroxyl groups is 1. The molecule has 9 heteroatoms. The van der Waals surface area contributed by atoms with Crippen LogP contribution in [0.3, 0.4) is 0 Å². The molecule has 0 atom stereocenters. The number of hydrogen-bond acceptors (Lipinski definition) is 5. The number of hydrogen-bond donors (Lipinski definition) is 3. The Kier molecular flexibility index (Phi) is 8.51. The van der Waals surface area contributed by atoms with Crippen LogP contribution >= 0.6 is 0 Å². The number of imidazole rings is 1. The Morgan fingerprint density at radius 1 is 1.36 bits per heavy atom. The summed E-state index contributed by atoms with van der Waals surface area (Å²) in [7, 11) is 1.41. The number of halogens is 2. The van der Waals surface area contributed by atoms with Crippen LogP contribution < -0.4 is 4.74 Å². The molecule has 2 aromatic rings. The molecule has 25 heavy (non-hydrogen) atoms. The second-order valence-electron chi connectivity index (χ2n) is 5.08. The summed E-state index contributed by atoms with van der Waals surface area (Å²) in [6, 6.07) is 2.43. The Morgan fingerprint density at radius 3 is 2.56 bits per heavy atom. The van der Waals surface area contributed by atoms with Gasteiger partial charge in [-0.15, -0.1) is 0 Å². The first-order valence-corrected chi connectivity index (χ1v) is 7.39. The van der Waals surface area contributed by atoms with E-state index in [9.17, 15) is 13.9 Å². The summed E-state index contributed by atoms with van der Waals surface area (Å²) in [4.78, 5) is 17.3. The standard InChI is InChI=1S/C15H19F2N3O2.CH2O2/c1-10-18-7-11(19-10)8-20(5-6-21)9-12-14(22-2)4-3-13(16)15(12)17;2-1-3/h3-4,7,21H,5-6,8-9H2,1-2H3,(H,18,19);1H,(H,2,3). The molecule has 0 amide bonds. The lowest BCUT2D eigenvalue weighted by Gasteiger charge is -2.22. The zero-order valence-corrected chi connectivity index (χ0v) is 14.0. The predicted octanol–water partition coefficient (Wildman–Crippen LogP) is 1.70. The number of rotatable bonds is 7.